The van der Waals surface area contributed by atoms with Gasteiger partial charge < -0.3 is 10.6 Å². The second kappa shape index (κ2) is 8.98. The van der Waals surface area contributed by atoms with Crippen LogP contribution in [0.15, 0.2) is 17.0 Å². The topological polar surface area (TPSA) is 92.5 Å². The molecule has 1 aliphatic rings. The number of amides is 1. The average Bonchev–Trinajstić information content (AvgIpc) is 2.94. The highest BCUT2D eigenvalue weighted by Gasteiger charge is 2.25. The van der Waals surface area contributed by atoms with E-state index in [1.54, 1.807) is 18.7 Å². The molecule has 1 fully saturated rings. The largest absolute Gasteiger partial charge is 0.342 e. The van der Waals surface area contributed by atoms with Crippen molar-refractivity contribution in [2.75, 3.05) is 26.2 Å². The molecule has 0 bridgehead atoms. The van der Waals surface area contributed by atoms with Gasteiger partial charge in [-0.15, -0.1) is 12.4 Å². The van der Waals surface area contributed by atoms with E-state index >= 15 is 0 Å². The van der Waals surface area contributed by atoms with Crippen LogP contribution in [0.2, 0.25) is 0 Å². The van der Waals surface area contributed by atoms with Crippen molar-refractivity contribution in [3.05, 3.63) is 28.8 Å². The molecule has 0 aromatic heterocycles. The molecule has 6 nitrogen and oxygen atoms in total. The Bertz CT molecular complexity index is 699. The summed E-state index contributed by atoms with van der Waals surface area (Å²) in [4.78, 5) is 14.2. The number of halogens is 1. The van der Waals surface area contributed by atoms with Gasteiger partial charge in [-0.2, -0.15) is 0 Å². The van der Waals surface area contributed by atoms with Gasteiger partial charge in [0.1, 0.15) is 0 Å². The van der Waals surface area contributed by atoms with Gasteiger partial charge in [0, 0.05) is 26.1 Å². The maximum absolute atomic E-state index is 12.5. The molecule has 142 valence electrons. The normalized spacial score (nSPS) is 17.4. The lowest BCUT2D eigenvalue weighted by Crippen LogP contribution is -2.34. The Morgan fingerprint density at radius 2 is 1.88 bits per heavy atom. The van der Waals surface area contributed by atoms with Crippen LogP contribution < -0.4 is 10.5 Å². The van der Waals surface area contributed by atoms with Gasteiger partial charge in [0.05, 0.1) is 4.90 Å². The number of sulfonamides is 1. The molecule has 1 heterocycles. The summed E-state index contributed by atoms with van der Waals surface area (Å²) in [5.41, 5.74) is 8.10. The van der Waals surface area contributed by atoms with E-state index in [1.807, 2.05) is 19.1 Å². The highest BCUT2D eigenvalue weighted by molar-refractivity contribution is 7.89. The monoisotopic (exact) mass is 389 g/mol. The molecule has 1 atom stereocenters. The van der Waals surface area contributed by atoms with Gasteiger partial charge in [-0.25, -0.2) is 13.1 Å². The summed E-state index contributed by atoms with van der Waals surface area (Å²) in [6.07, 6.45) is 1.09. The number of nitrogens with two attached hydrogens (primary N) is 1. The maximum Gasteiger partial charge on any atom is 0.241 e. The molecule has 2 rings (SSSR count). The fourth-order valence-corrected chi connectivity index (χ4v) is 4.85. The predicted octanol–water partition coefficient (Wildman–Crippen LogP) is 1.51. The van der Waals surface area contributed by atoms with Crippen LogP contribution in [0.3, 0.4) is 0 Å². The van der Waals surface area contributed by atoms with Crippen LogP contribution in [-0.2, 0) is 14.8 Å². The van der Waals surface area contributed by atoms with Crippen molar-refractivity contribution in [1.29, 1.82) is 0 Å². The summed E-state index contributed by atoms with van der Waals surface area (Å²) in [6.45, 7) is 7.60. The Labute approximate surface area is 156 Å². The molecule has 0 radical (unpaired) electrons. The molecule has 3 N–H and O–H groups in total. The molecule has 1 aliphatic heterocycles. The van der Waals surface area contributed by atoms with Gasteiger partial charge in [-0.3, -0.25) is 4.79 Å². The lowest BCUT2D eigenvalue weighted by Gasteiger charge is -2.17. The van der Waals surface area contributed by atoms with E-state index < -0.39 is 10.0 Å². The maximum atomic E-state index is 12.5. The Balaban J connectivity index is 0.00000312. The fraction of sp³-hybridized carbons (Fsp3) is 0.588. The van der Waals surface area contributed by atoms with Gasteiger partial charge >= 0.3 is 0 Å². The van der Waals surface area contributed by atoms with Crippen molar-refractivity contribution in [3.8, 4) is 0 Å². The summed E-state index contributed by atoms with van der Waals surface area (Å²) in [5.74, 6) is 0.342. The van der Waals surface area contributed by atoms with E-state index in [1.165, 1.54) is 0 Å². The summed E-state index contributed by atoms with van der Waals surface area (Å²) < 4.78 is 27.6. The second-order valence-electron chi connectivity index (χ2n) is 6.61. The molecule has 0 saturated carbocycles. The van der Waals surface area contributed by atoms with Crippen molar-refractivity contribution in [3.63, 3.8) is 0 Å². The molecular formula is C17H28ClN3O3S. The summed E-state index contributed by atoms with van der Waals surface area (Å²) in [7, 11) is -3.61. The summed E-state index contributed by atoms with van der Waals surface area (Å²) >= 11 is 0. The third-order valence-corrected chi connectivity index (χ3v) is 6.24. The smallest absolute Gasteiger partial charge is 0.241 e. The number of hydrogen-bond donors (Lipinski definition) is 2. The first-order chi connectivity index (χ1) is 11.2. The van der Waals surface area contributed by atoms with Crippen LogP contribution in [0.4, 0.5) is 0 Å². The van der Waals surface area contributed by atoms with Crippen LogP contribution in [0, 0.1) is 26.7 Å². The molecule has 0 spiro atoms. The predicted molar refractivity (Wildman–Crippen MR) is 101 cm³/mol. The van der Waals surface area contributed by atoms with Gasteiger partial charge in [0.2, 0.25) is 15.9 Å². The quantitative estimate of drug-likeness (QED) is 0.771. The zero-order valence-electron chi connectivity index (χ0n) is 15.0. The highest BCUT2D eigenvalue weighted by atomic mass is 35.5. The number of nitrogens with zero attached hydrogens (tertiary/aromatic N) is 1. The Hall–Kier alpha value is -1.15. The third kappa shape index (κ3) is 5.41. The van der Waals surface area contributed by atoms with Crippen LogP contribution in [0.5, 0.6) is 0 Å². The fourth-order valence-electron chi connectivity index (χ4n) is 3.36. The number of hydrogen-bond acceptors (Lipinski definition) is 4. The lowest BCUT2D eigenvalue weighted by molar-refractivity contribution is -0.130. The van der Waals surface area contributed by atoms with Crippen molar-refractivity contribution >= 4 is 28.3 Å². The number of aryl methyl sites for hydroxylation is 3. The van der Waals surface area contributed by atoms with Crippen LogP contribution in [0.25, 0.3) is 0 Å². The molecule has 1 unspecified atom stereocenters. The van der Waals surface area contributed by atoms with Crippen LogP contribution in [-0.4, -0.2) is 45.4 Å². The number of rotatable bonds is 6. The van der Waals surface area contributed by atoms with E-state index in [-0.39, 0.29) is 31.3 Å². The first-order valence-electron chi connectivity index (χ1n) is 8.30. The van der Waals surface area contributed by atoms with Crippen molar-refractivity contribution in [2.45, 2.75) is 38.5 Å². The molecule has 1 aromatic rings. The van der Waals surface area contributed by atoms with E-state index in [0.29, 0.717) is 30.4 Å². The first kappa shape index (κ1) is 21.9. The van der Waals surface area contributed by atoms with Crippen LogP contribution in [0.1, 0.15) is 29.5 Å². The van der Waals surface area contributed by atoms with Gasteiger partial charge in [0.15, 0.2) is 0 Å². The minimum absolute atomic E-state index is 0. The van der Waals surface area contributed by atoms with Crippen molar-refractivity contribution in [2.24, 2.45) is 11.7 Å². The Morgan fingerprint density at radius 3 is 2.40 bits per heavy atom. The molecule has 1 amide bonds. The molecule has 0 aliphatic carbocycles. The Morgan fingerprint density at radius 1 is 1.28 bits per heavy atom. The van der Waals surface area contributed by atoms with Gasteiger partial charge in [-0.1, -0.05) is 17.7 Å². The van der Waals surface area contributed by atoms with E-state index in [0.717, 1.165) is 23.1 Å². The van der Waals surface area contributed by atoms with E-state index in [2.05, 4.69) is 4.72 Å². The first-order valence-corrected chi connectivity index (χ1v) is 9.78. The number of likely N-dealkylation sites (tertiary alicyclic amines) is 1. The number of carbonyl (C=O) groups excluding carboxylic acids is 1. The standard InChI is InChI=1S/C17H27N3O3S.ClH/c1-12-8-13(2)17(14(3)9-12)24(22,23)19-6-4-16(21)20-7-5-15(10-18)11-20;/h8-9,15,19H,4-7,10-11,18H2,1-3H3;1H. The van der Waals surface area contributed by atoms with E-state index in [4.69, 9.17) is 5.73 Å². The van der Waals surface area contributed by atoms with E-state index in [9.17, 15) is 13.2 Å². The molecular weight excluding hydrogens is 362 g/mol. The number of benzene rings is 1. The zero-order valence-corrected chi connectivity index (χ0v) is 16.7. The Kier molecular flexibility index (Phi) is 7.87. The number of carbonyl (C=O) groups is 1. The zero-order chi connectivity index (χ0) is 17.9. The SMILES string of the molecule is Cc1cc(C)c(S(=O)(=O)NCCC(=O)N2CCC(CN)C2)c(C)c1.Cl. The molecule has 8 heteroatoms. The summed E-state index contributed by atoms with van der Waals surface area (Å²) in [6, 6.07) is 3.70. The summed E-state index contributed by atoms with van der Waals surface area (Å²) in [5, 5.41) is 0. The minimum Gasteiger partial charge on any atom is -0.342 e. The van der Waals surface area contributed by atoms with Crippen molar-refractivity contribution < 1.29 is 13.2 Å². The number of nitrogens with one attached hydrogen (secondary N) is 1. The minimum atomic E-state index is -3.61. The third-order valence-electron chi connectivity index (χ3n) is 4.48. The molecule has 1 saturated heterocycles. The van der Waals surface area contributed by atoms with Gasteiger partial charge in [0.25, 0.3) is 0 Å². The average molecular weight is 390 g/mol. The van der Waals surface area contributed by atoms with Crippen molar-refractivity contribution in [1.82, 2.24) is 9.62 Å². The second-order valence-corrected chi connectivity index (χ2v) is 8.31. The van der Waals surface area contributed by atoms with Crippen LogP contribution >= 0.6 is 12.4 Å². The van der Waals surface area contributed by atoms with Gasteiger partial charge in [-0.05, 0) is 50.8 Å². The molecule has 1 aromatic carbocycles. The highest BCUT2D eigenvalue weighted by Crippen LogP contribution is 2.21. The molecule has 25 heavy (non-hydrogen) atoms. The lowest BCUT2D eigenvalue weighted by atomic mass is 10.1.